The standard InChI is InChI=1S/C8H14N2OS/c1-3-8(2,9)6-5-12-7(4-11)10-6/h5,11H,3-4,9H2,1-2H3. The molecule has 0 aliphatic heterocycles. The first-order chi connectivity index (χ1) is 5.60. The summed E-state index contributed by atoms with van der Waals surface area (Å²) in [4.78, 5) is 4.21. The van der Waals surface area contributed by atoms with Crippen LogP contribution in [0.25, 0.3) is 0 Å². The van der Waals surface area contributed by atoms with Crippen LogP contribution in [0.15, 0.2) is 5.38 Å². The van der Waals surface area contributed by atoms with Gasteiger partial charge in [-0.2, -0.15) is 0 Å². The first-order valence-electron chi connectivity index (χ1n) is 3.94. The molecular weight excluding hydrogens is 172 g/mol. The highest BCUT2D eigenvalue weighted by atomic mass is 32.1. The maximum atomic E-state index is 8.80. The van der Waals surface area contributed by atoms with Gasteiger partial charge in [-0.3, -0.25) is 0 Å². The quantitative estimate of drug-likeness (QED) is 0.746. The molecule has 4 heteroatoms. The monoisotopic (exact) mass is 186 g/mol. The van der Waals surface area contributed by atoms with Gasteiger partial charge in [0.05, 0.1) is 17.8 Å². The number of aliphatic hydroxyl groups is 1. The van der Waals surface area contributed by atoms with Crippen molar-refractivity contribution in [2.75, 3.05) is 0 Å². The predicted octanol–water partition coefficient (Wildman–Crippen LogP) is 1.22. The summed E-state index contributed by atoms with van der Waals surface area (Å²) in [5, 5.41) is 11.4. The van der Waals surface area contributed by atoms with Crippen molar-refractivity contribution >= 4 is 11.3 Å². The van der Waals surface area contributed by atoms with Gasteiger partial charge in [0.15, 0.2) is 0 Å². The molecule has 1 aromatic heterocycles. The Balaban J connectivity index is 2.88. The fourth-order valence-electron chi connectivity index (χ4n) is 0.827. The third kappa shape index (κ3) is 1.83. The van der Waals surface area contributed by atoms with E-state index < -0.39 is 0 Å². The van der Waals surface area contributed by atoms with Crippen molar-refractivity contribution in [3.05, 3.63) is 16.1 Å². The summed E-state index contributed by atoms with van der Waals surface area (Å²) < 4.78 is 0. The molecule has 1 heterocycles. The van der Waals surface area contributed by atoms with Gasteiger partial charge in [0, 0.05) is 5.38 Å². The van der Waals surface area contributed by atoms with Crippen LogP contribution in [0, 0.1) is 0 Å². The number of nitrogens with two attached hydrogens (primary N) is 1. The second-order valence-electron chi connectivity index (χ2n) is 3.06. The lowest BCUT2D eigenvalue weighted by Gasteiger charge is -2.19. The normalized spacial score (nSPS) is 16.0. The number of hydrogen-bond donors (Lipinski definition) is 2. The van der Waals surface area contributed by atoms with Gasteiger partial charge in [-0.25, -0.2) is 4.98 Å². The largest absolute Gasteiger partial charge is 0.389 e. The van der Waals surface area contributed by atoms with E-state index in [9.17, 15) is 0 Å². The molecule has 1 rings (SSSR count). The van der Waals surface area contributed by atoms with Gasteiger partial charge in [0.25, 0.3) is 0 Å². The number of aliphatic hydroxyl groups excluding tert-OH is 1. The zero-order chi connectivity index (χ0) is 9.19. The Morgan fingerprint density at radius 3 is 2.83 bits per heavy atom. The summed E-state index contributed by atoms with van der Waals surface area (Å²) >= 11 is 1.45. The smallest absolute Gasteiger partial charge is 0.118 e. The molecular formula is C8H14N2OS. The molecule has 0 spiro atoms. The minimum absolute atomic E-state index is 0.00443. The Hall–Kier alpha value is -0.450. The summed E-state index contributed by atoms with van der Waals surface area (Å²) in [6.07, 6.45) is 0.849. The molecule has 1 atom stereocenters. The average molecular weight is 186 g/mol. The van der Waals surface area contributed by atoms with Crippen molar-refractivity contribution < 1.29 is 5.11 Å². The molecule has 0 radical (unpaired) electrons. The first kappa shape index (κ1) is 9.64. The second kappa shape index (κ2) is 3.51. The summed E-state index contributed by atoms with van der Waals surface area (Å²) in [5.74, 6) is 0. The fraction of sp³-hybridized carbons (Fsp3) is 0.625. The molecule has 0 aromatic carbocycles. The summed E-state index contributed by atoms with van der Waals surface area (Å²) in [5.41, 5.74) is 6.48. The number of nitrogens with zero attached hydrogens (tertiary/aromatic N) is 1. The van der Waals surface area contributed by atoms with Crippen LogP contribution in [0.3, 0.4) is 0 Å². The van der Waals surface area contributed by atoms with Crippen LogP contribution in [-0.2, 0) is 12.1 Å². The Kier molecular flexibility index (Phi) is 2.82. The van der Waals surface area contributed by atoms with Gasteiger partial charge in [-0.05, 0) is 13.3 Å². The second-order valence-corrected chi connectivity index (χ2v) is 4.00. The Bertz CT molecular complexity index is 257. The molecule has 0 bridgehead atoms. The van der Waals surface area contributed by atoms with Crippen molar-refractivity contribution in [2.45, 2.75) is 32.4 Å². The molecule has 1 unspecified atom stereocenters. The summed E-state index contributed by atoms with van der Waals surface area (Å²) in [7, 11) is 0. The third-order valence-corrected chi connectivity index (χ3v) is 2.84. The van der Waals surface area contributed by atoms with Crippen LogP contribution < -0.4 is 5.73 Å². The van der Waals surface area contributed by atoms with E-state index in [0.29, 0.717) is 0 Å². The Morgan fingerprint density at radius 1 is 1.75 bits per heavy atom. The van der Waals surface area contributed by atoms with Gasteiger partial charge < -0.3 is 10.8 Å². The van der Waals surface area contributed by atoms with E-state index in [4.69, 9.17) is 10.8 Å². The lowest BCUT2D eigenvalue weighted by atomic mass is 9.97. The van der Waals surface area contributed by atoms with Crippen LogP contribution >= 0.6 is 11.3 Å². The van der Waals surface area contributed by atoms with E-state index >= 15 is 0 Å². The Labute approximate surface area is 76.3 Å². The van der Waals surface area contributed by atoms with Gasteiger partial charge in [-0.1, -0.05) is 6.92 Å². The van der Waals surface area contributed by atoms with Crippen LogP contribution in [-0.4, -0.2) is 10.1 Å². The highest BCUT2D eigenvalue weighted by Gasteiger charge is 2.21. The molecule has 3 N–H and O–H groups in total. The van der Waals surface area contributed by atoms with Gasteiger partial charge in [0.1, 0.15) is 5.01 Å². The van der Waals surface area contributed by atoms with E-state index in [-0.39, 0.29) is 12.1 Å². The molecule has 0 aliphatic rings. The molecule has 1 aromatic rings. The van der Waals surface area contributed by atoms with Gasteiger partial charge >= 0.3 is 0 Å². The fourth-order valence-corrected chi connectivity index (χ4v) is 1.62. The maximum absolute atomic E-state index is 8.80. The molecule has 0 amide bonds. The number of thiazole rings is 1. The number of hydrogen-bond acceptors (Lipinski definition) is 4. The molecule has 0 fully saturated rings. The van der Waals surface area contributed by atoms with Crippen LogP contribution in [0.4, 0.5) is 0 Å². The lowest BCUT2D eigenvalue weighted by Crippen LogP contribution is -2.32. The minimum Gasteiger partial charge on any atom is -0.389 e. The molecule has 0 saturated carbocycles. The highest BCUT2D eigenvalue weighted by Crippen LogP contribution is 2.22. The average Bonchev–Trinajstić information content (AvgIpc) is 2.52. The van der Waals surface area contributed by atoms with Gasteiger partial charge in [-0.15, -0.1) is 11.3 Å². The third-order valence-electron chi connectivity index (χ3n) is 2.01. The van der Waals surface area contributed by atoms with E-state index in [1.54, 1.807) is 0 Å². The van der Waals surface area contributed by atoms with Crippen molar-refractivity contribution in [3.8, 4) is 0 Å². The lowest BCUT2D eigenvalue weighted by molar-refractivity contribution is 0.280. The molecule has 0 saturated heterocycles. The maximum Gasteiger partial charge on any atom is 0.118 e. The highest BCUT2D eigenvalue weighted by molar-refractivity contribution is 7.09. The van der Waals surface area contributed by atoms with Gasteiger partial charge in [0.2, 0.25) is 0 Å². The zero-order valence-corrected chi connectivity index (χ0v) is 8.19. The van der Waals surface area contributed by atoms with Crippen LogP contribution in [0.2, 0.25) is 0 Å². The van der Waals surface area contributed by atoms with E-state index in [2.05, 4.69) is 4.98 Å². The predicted molar refractivity (Wildman–Crippen MR) is 49.9 cm³/mol. The summed E-state index contributed by atoms with van der Waals surface area (Å²) in [6, 6.07) is 0. The Morgan fingerprint density at radius 2 is 2.42 bits per heavy atom. The van der Waals surface area contributed by atoms with Crippen molar-refractivity contribution in [1.29, 1.82) is 0 Å². The van der Waals surface area contributed by atoms with Crippen molar-refractivity contribution in [1.82, 2.24) is 4.98 Å². The molecule has 3 nitrogen and oxygen atoms in total. The van der Waals surface area contributed by atoms with E-state index in [1.165, 1.54) is 11.3 Å². The molecule has 68 valence electrons. The number of aromatic nitrogens is 1. The van der Waals surface area contributed by atoms with E-state index in [1.807, 2.05) is 19.2 Å². The first-order valence-corrected chi connectivity index (χ1v) is 4.82. The van der Waals surface area contributed by atoms with Crippen LogP contribution in [0.5, 0.6) is 0 Å². The SMILES string of the molecule is CCC(C)(N)c1csc(CO)n1. The molecule has 0 aliphatic carbocycles. The molecule has 12 heavy (non-hydrogen) atoms. The van der Waals surface area contributed by atoms with E-state index in [0.717, 1.165) is 17.1 Å². The summed E-state index contributed by atoms with van der Waals surface area (Å²) in [6.45, 7) is 3.98. The topological polar surface area (TPSA) is 59.1 Å². The minimum atomic E-state index is -0.357. The van der Waals surface area contributed by atoms with Crippen LogP contribution in [0.1, 0.15) is 31.0 Å². The van der Waals surface area contributed by atoms with Crippen molar-refractivity contribution in [2.24, 2.45) is 5.73 Å². The van der Waals surface area contributed by atoms with Crippen molar-refractivity contribution in [3.63, 3.8) is 0 Å². The number of rotatable bonds is 3. The zero-order valence-electron chi connectivity index (χ0n) is 7.37.